The molecular formula is C14H21ClN2O. The van der Waals surface area contributed by atoms with E-state index in [1.165, 1.54) is 5.56 Å². The molecule has 0 saturated carbocycles. The number of benzene rings is 1. The molecule has 3 nitrogen and oxygen atoms in total. The zero-order chi connectivity index (χ0) is 13.3. The van der Waals surface area contributed by atoms with Crippen LogP contribution >= 0.6 is 11.6 Å². The summed E-state index contributed by atoms with van der Waals surface area (Å²) in [6, 6.07) is 4.12. The van der Waals surface area contributed by atoms with Crippen LogP contribution in [-0.2, 0) is 0 Å². The second-order valence-corrected chi connectivity index (χ2v) is 5.91. The first-order valence-electron chi connectivity index (χ1n) is 6.34. The number of anilines is 1. The van der Waals surface area contributed by atoms with E-state index in [1.54, 1.807) is 0 Å². The van der Waals surface area contributed by atoms with Crippen LogP contribution in [0.5, 0.6) is 0 Å². The van der Waals surface area contributed by atoms with E-state index in [-0.39, 0.29) is 0 Å². The largest absolute Gasteiger partial charge is 0.387 e. The highest BCUT2D eigenvalue weighted by atomic mass is 35.5. The molecule has 100 valence electrons. The molecule has 1 aromatic carbocycles. The lowest BCUT2D eigenvalue weighted by Gasteiger charge is -2.31. The van der Waals surface area contributed by atoms with Gasteiger partial charge in [0.05, 0.1) is 16.3 Å². The van der Waals surface area contributed by atoms with Gasteiger partial charge < -0.3 is 15.3 Å². The summed E-state index contributed by atoms with van der Waals surface area (Å²) in [5.41, 5.74) is 2.65. The first kappa shape index (κ1) is 13.7. The van der Waals surface area contributed by atoms with Gasteiger partial charge in [0.1, 0.15) is 0 Å². The topological polar surface area (TPSA) is 35.5 Å². The molecular weight excluding hydrogens is 248 g/mol. The monoisotopic (exact) mass is 268 g/mol. The molecule has 0 aliphatic carbocycles. The summed E-state index contributed by atoms with van der Waals surface area (Å²) in [5, 5.41) is 14.3. The molecule has 0 bridgehead atoms. The molecule has 18 heavy (non-hydrogen) atoms. The van der Waals surface area contributed by atoms with Crippen LogP contribution in [0.1, 0.15) is 18.1 Å². The SMILES string of the molecule is Cc1cc(C)c(N2CCNCC(C)(O)C2)c(Cl)c1. The van der Waals surface area contributed by atoms with E-state index in [0.717, 1.165) is 29.4 Å². The van der Waals surface area contributed by atoms with Crippen molar-refractivity contribution in [2.24, 2.45) is 0 Å². The lowest BCUT2D eigenvalue weighted by atomic mass is 10.1. The maximum absolute atomic E-state index is 10.3. The van der Waals surface area contributed by atoms with Gasteiger partial charge in [-0.25, -0.2) is 0 Å². The van der Waals surface area contributed by atoms with Crippen molar-refractivity contribution >= 4 is 17.3 Å². The fraction of sp³-hybridized carbons (Fsp3) is 0.571. The van der Waals surface area contributed by atoms with E-state index < -0.39 is 5.60 Å². The summed E-state index contributed by atoms with van der Waals surface area (Å²) in [6.07, 6.45) is 0. The summed E-state index contributed by atoms with van der Waals surface area (Å²) in [4.78, 5) is 2.18. The fourth-order valence-electron chi connectivity index (χ4n) is 2.62. The molecule has 0 spiro atoms. The Morgan fingerprint density at radius 2 is 2.11 bits per heavy atom. The summed E-state index contributed by atoms with van der Waals surface area (Å²) in [6.45, 7) is 8.91. The number of nitrogens with one attached hydrogen (secondary N) is 1. The van der Waals surface area contributed by atoms with Gasteiger partial charge in [-0.05, 0) is 38.0 Å². The number of hydrogen-bond donors (Lipinski definition) is 2. The summed E-state index contributed by atoms with van der Waals surface area (Å²) in [5.74, 6) is 0. The number of aliphatic hydroxyl groups is 1. The third-order valence-electron chi connectivity index (χ3n) is 3.31. The lowest BCUT2D eigenvalue weighted by molar-refractivity contribution is 0.0729. The van der Waals surface area contributed by atoms with Crippen molar-refractivity contribution in [3.8, 4) is 0 Å². The molecule has 1 heterocycles. The first-order chi connectivity index (χ1) is 8.39. The maximum atomic E-state index is 10.3. The zero-order valence-electron chi connectivity index (χ0n) is 11.3. The molecule has 4 heteroatoms. The van der Waals surface area contributed by atoms with Crippen molar-refractivity contribution in [2.45, 2.75) is 26.4 Å². The number of aryl methyl sites for hydroxylation is 2. The van der Waals surface area contributed by atoms with Gasteiger partial charge in [0.15, 0.2) is 0 Å². The van der Waals surface area contributed by atoms with Crippen LogP contribution in [-0.4, -0.2) is 36.9 Å². The van der Waals surface area contributed by atoms with Crippen molar-refractivity contribution in [3.63, 3.8) is 0 Å². The third-order valence-corrected chi connectivity index (χ3v) is 3.60. The fourth-order valence-corrected chi connectivity index (χ4v) is 3.06. The minimum atomic E-state index is -0.725. The quantitative estimate of drug-likeness (QED) is 0.819. The Kier molecular flexibility index (Phi) is 3.85. The average Bonchev–Trinajstić information content (AvgIpc) is 2.37. The van der Waals surface area contributed by atoms with Crippen molar-refractivity contribution in [1.82, 2.24) is 5.32 Å². The molecule has 1 saturated heterocycles. The molecule has 1 aliphatic rings. The van der Waals surface area contributed by atoms with Gasteiger partial charge in [-0.3, -0.25) is 0 Å². The number of rotatable bonds is 1. The minimum Gasteiger partial charge on any atom is -0.387 e. The second-order valence-electron chi connectivity index (χ2n) is 5.51. The van der Waals surface area contributed by atoms with Gasteiger partial charge in [-0.15, -0.1) is 0 Å². The van der Waals surface area contributed by atoms with Gasteiger partial charge in [-0.1, -0.05) is 17.7 Å². The van der Waals surface area contributed by atoms with E-state index in [9.17, 15) is 5.11 Å². The molecule has 1 atom stereocenters. The highest BCUT2D eigenvalue weighted by Gasteiger charge is 2.28. The predicted octanol–water partition coefficient (Wildman–Crippen LogP) is 2.12. The van der Waals surface area contributed by atoms with Crippen LogP contribution in [0.4, 0.5) is 5.69 Å². The molecule has 1 unspecified atom stereocenters. The van der Waals surface area contributed by atoms with Gasteiger partial charge in [0.25, 0.3) is 0 Å². The summed E-state index contributed by atoms with van der Waals surface area (Å²) >= 11 is 6.37. The zero-order valence-corrected chi connectivity index (χ0v) is 12.0. The maximum Gasteiger partial charge on any atom is 0.0917 e. The Morgan fingerprint density at radius 3 is 2.78 bits per heavy atom. The number of hydrogen-bond acceptors (Lipinski definition) is 3. The van der Waals surface area contributed by atoms with Crippen LogP contribution < -0.4 is 10.2 Å². The second kappa shape index (κ2) is 5.08. The highest BCUT2D eigenvalue weighted by molar-refractivity contribution is 6.33. The first-order valence-corrected chi connectivity index (χ1v) is 6.72. The minimum absolute atomic E-state index is 0.601. The van der Waals surface area contributed by atoms with E-state index in [1.807, 2.05) is 19.9 Å². The lowest BCUT2D eigenvalue weighted by Crippen LogP contribution is -2.43. The number of nitrogens with zero attached hydrogens (tertiary/aromatic N) is 1. The number of β-amino-alcohol motifs (C(OH)–C–C–N with tert-alkyl or cyclic N) is 1. The molecule has 1 aromatic rings. The Bertz CT molecular complexity index is 422. The van der Waals surface area contributed by atoms with Crippen LogP contribution in [0, 0.1) is 13.8 Å². The van der Waals surface area contributed by atoms with Crippen LogP contribution in [0.3, 0.4) is 0 Å². The molecule has 1 fully saturated rings. The van der Waals surface area contributed by atoms with E-state index in [2.05, 4.69) is 23.2 Å². The number of halogens is 1. The van der Waals surface area contributed by atoms with E-state index in [4.69, 9.17) is 11.6 Å². The molecule has 0 radical (unpaired) electrons. The normalized spacial score (nSPS) is 25.1. The Morgan fingerprint density at radius 1 is 1.39 bits per heavy atom. The van der Waals surface area contributed by atoms with Crippen molar-refractivity contribution in [1.29, 1.82) is 0 Å². The van der Waals surface area contributed by atoms with Gasteiger partial charge in [0.2, 0.25) is 0 Å². The Hall–Kier alpha value is -0.770. The van der Waals surface area contributed by atoms with Crippen LogP contribution in [0.15, 0.2) is 12.1 Å². The highest BCUT2D eigenvalue weighted by Crippen LogP contribution is 2.32. The summed E-state index contributed by atoms with van der Waals surface area (Å²) < 4.78 is 0. The van der Waals surface area contributed by atoms with E-state index >= 15 is 0 Å². The van der Waals surface area contributed by atoms with Crippen LogP contribution in [0.25, 0.3) is 0 Å². The van der Waals surface area contributed by atoms with Gasteiger partial charge in [0, 0.05) is 26.2 Å². The van der Waals surface area contributed by atoms with Crippen molar-refractivity contribution in [2.75, 3.05) is 31.1 Å². The standard InChI is InChI=1S/C14H21ClN2O/c1-10-6-11(2)13(12(15)7-10)17-5-4-16-8-14(3,18)9-17/h6-7,16,18H,4-5,8-9H2,1-3H3. The third kappa shape index (κ3) is 2.97. The van der Waals surface area contributed by atoms with Crippen LogP contribution in [0.2, 0.25) is 5.02 Å². The molecule has 0 amide bonds. The van der Waals surface area contributed by atoms with Gasteiger partial charge >= 0.3 is 0 Å². The molecule has 2 N–H and O–H groups in total. The smallest absolute Gasteiger partial charge is 0.0917 e. The summed E-state index contributed by atoms with van der Waals surface area (Å²) in [7, 11) is 0. The molecule has 2 rings (SSSR count). The molecule has 0 aromatic heterocycles. The Labute approximate surface area is 114 Å². The van der Waals surface area contributed by atoms with Crippen molar-refractivity contribution < 1.29 is 5.11 Å². The van der Waals surface area contributed by atoms with Crippen molar-refractivity contribution in [3.05, 3.63) is 28.3 Å². The average molecular weight is 269 g/mol. The van der Waals surface area contributed by atoms with Gasteiger partial charge in [-0.2, -0.15) is 0 Å². The van der Waals surface area contributed by atoms with E-state index in [0.29, 0.717) is 13.1 Å². The predicted molar refractivity (Wildman–Crippen MR) is 76.6 cm³/mol. The Balaban J connectivity index is 2.35. The molecule has 1 aliphatic heterocycles.